The van der Waals surface area contributed by atoms with Crippen LogP contribution in [-0.2, 0) is 0 Å². The molecule has 0 amide bonds. The summed E-state index contributed by atoms with van der Waals surface area (Å²) in [6.45, 7) is 0. The van der Waals surface area contributed by atoms with Crippen LogP contribution in [0.4, 0.5) is 0 Å². The largest absolute Gasteiger partial charge is 0.508 e. The molecule has 0 atom stereocenters. The Morgan fingerprint density at radius 1 is 0.262 bits per heavy atom. The molecule has 0 aromatic heterocycles. The van der Waals surface area contributed by atoms with Gasteiger partial charge in [-0.15, -0.1) is 0 Å². The van der Waals surface area contributed by atoms with Gasteiger partial charge < -0.3 is 29.2 Å². The molecule has 6 heteroatoms. The highest BCUT2D eigenvalue weighted by Crippen LogP contribution is 2.30. The summed E-state index contributed by atoms with van der Waals surface area (Å²) >= 11 is 0. The normalized spacial score (nSPS) is 10.1. The second kappa shape index (κ2) is 14.0. The first kappa shape index (κ1) is 27.7. The number of hydrogen-bond donors (Lipinski definition) is 2. The molecule has 0 aliphatic rings. The van der Waals surface area contributed by atoms with Gasteiger partial charge in [-0.2, -0.15) is 0 Å². The summed E-state index contributed by atoms with van der Waals surface area (Å²) in [5.74, 6) is 6.01. The minimum absolute atomic E-state index is 0.191. The Hall–Kier alpha value is -5.88. The molecule has 0 aliphatic carbocycles. The molecule has 0 saturated heterocycles. The fraction of sp³-hybridized carbons (Fsp3) is 0. The van der Waals surface area contributed by atoms with Gasteiger partial charge in [-0.25, -0.2) is 0 Å². The van der Waals surface area contributed by atoms with Gasteiger partial charge in [-0.05, 0) is 97.1 Å². The van der Waals surface area contributed by atoms with E-state index in [1.807, 2.05) is 103 Å². The van der Waals surface area contributed by atoms with Gasteiger partial charge in [-0.1, -0.05) is 48.5 Å². The van der Waals surface area contributed by atoms with Gasteiger partial charge in [0, 0.05) is 12.1 Å². The Morgan fingerprint density at radius 2 is 0.524 bits per heavy atom. The van der Waals surface area contributed by atoms with Crippen LogP contribution in [0.1, 0.15) is 0 Å². The summed E-state index contributed by atoms with van der Waals surface area (Å²) in [5.41, 5.74) is 0. The Balaban J connectivity index is 0.000000169. The van der Waals surface area contributed by atoms with Crippen molar-refractivity contribution in [1.82, 2.24) is 0 Å². The van der Waals surface area contributed by atoms with Crippen molar-refractivity contribution in [2.45, 2.75) is 0 Å². The van der Waals surface area contributed by atoms with Crippen molar-refractivity contribution in [3.05, 3.63) is 158 Å². The fourth-order valence-corrected chi connectivity index (χ4v) is 3.75. The average molecular weight is 557 g/mol. The number of para-hydroxylation sites is 2. The van der Waals surface area contributed by atoms with E-state index in [0.717, 1.165) is 23.0 Å². The van der Waals surface area contributed by atoms with Gasteiger partial charge in [0.1, 0.15) is 57.5 Å². The quantitative estimate of drug-likeness (QED) is 0.194. The van der Waals surface area contributed by atoms with Crippen molar-refractivity contribution in [2.24, 2.45) is 0 Å². The van der Waals surface area contributed by atoms with Gasteiger partial charge in [0.05, 0.1) is 0 Å². The number of phenolic OH excluding ortho intramolecular Hbond substituents is 2. The van der Waals surface area contributed by atoms with Crippen molar-refractivity contribution in [3.8, 4) is 57.5 Å². The van der Waals surface area contributed by atoms with Gasteiger partial charge in [0.2, 0.25) is 0 Å². The SMILES string of the molecule is Oc1ccc(Oc2cccc(Oc3ccc(O)cc3)c2)cc1.c1ccc(Oc2cccc(Oc3ccccc3)c2)cc1. The molecule has 0 radical (unpaired) electrons. The highest BCUT2D eigenvalue weighted by Gasteiger charge is 2.03. The predicted molar refractivity (Wildman–Crippen MR) is 162 cm³/mol. The number of rotatable bonds is 8. The molecule has 0 spiro atoms. The van der Waals surface area contributed by atoms with E-state index >= 15 is 0 Å². The van der Waals surface area contributed by atoms with Crippen LogP contribution in [0.3, 0.4) is 0 Å². The number of hydrogen-bond acceptors (Lipinski definition) is 6. The van der Waals surface area contributed by atoms with E-state index in [0.29, 0.717) is 23.0 Å². The number of benzene rings is 6. The van der Waals surface area contributed by atoms with Crippen LogP contribution in [0.25, 0.3) is 0 Å². The van der Waals surface area contributed by atoms with Gasteiger partial charge in [-0.3, -0.25) is 0 Å². The first-order chi connectivity index (χ1) is 20.6. The van der Waals surface area contributed by atoms with E-state index in [4.69, 9.17) is 18.9 Å². The van der Waals surface area contributed by atoms with Crippen LogP contribution in [0.2, 0.25) is 0 Å². The lowest BCUT2D eigenvalue weighted by Crippen LogP contribution is -1.87. The standard InChI is InChI=1S/C18H14O4.C18H14O2/c19-13-4-8-15(9-5-13)21-17-2-1-3-18(12-17)22-16-10-6-14(20)7-11-16;1-3-8-15(9-4-1)19-17-12-7-13-18(14-17)20-16-10-5-2-6-11-16/h1-12,19-20H;1-14H. The van der Waals surface area contributed by atoms with Crippen molar-refractivity contribution < 1.29 is 29.2 Å². The summed E-state index contributed by atoms with van der Waals surface area (Å²) in [6, 6.07) is 47.2. The molecule has 6 aromatic carbocycles. The average Bonchev–Trinajstić information content (AvgIpc) is 3.01. The lowest BCUT2D eigenvalue weighted by Gasteiger charge is -2.09. The third-order valence-corrected chi connectivity index (χ3v) is 5.71. The highest BCUT2D eigenvalue weighted by atomic mass is 16.5. The van der Waals surface area contributed by atoms with E-state index in [-0.39, 0.29) is 11.5 Å². The van der Waals surface area contributed by atoms with E-state index in [1.165, 1.54) is 0 Å². The van der Waals surface area contributed by atoms with E-state index in [2.05, 4.69) is 0 Å². The van der Waals surface area contributed by atoms with Gasteiger partial charge in [0.25, 0.3) is 0 Å². The highest BCUT2D eigenvalue weighted by molar-refractivity contribution is 5.41. The van der Waals surface area contributed by atoms with Crippen LogP contribution in [0.15, 0.2) is 158 Å². The number of phenols is 2. The molecule has 0 bridgehead atoms. The third-order valence-electron chi connectivity index (χ3n) is 5.71. The van der Waals surface area contributed by atoms with E-state index < -0.39 is 0 Å². The molecule has 6 rings (SSSR count). The Morgan fingerprint density at radius 3 is 0.833 bits per heavy atom. The third kappa shape index (κ3) is 8.56. The van der Waals surface area contributed by atoms with Crippen molar-refractivity contribution in [1.29, 1.82) is 0 Å². The Kier molecular flexibility index (Phi) is 9.20. The Labute approximate surface area is 244 Å². The molecular weight excluding hydrogens is 528 g/mol. The lowest BCUT2D eigenvalue weighted by atomic mass is 10.3. The summed E-state index contributed by atoms with van der Waals surface area (Å²) in [7, 11) is 0. The molecule has 6 nitrogen and oxygen atoms in total. The van der Waals surface area contributed by atoms with Gasteiger partial charge in [0.15, 0.2) is 0 Å². The maximum absolute atomic E-state index is 9.26. The fourth-order valence-electron chi connectivity index (χ4n) is 3.75. The molecule has 0 saturated carbocycles. The molecule has 0 heterocycles. The zero-order chi connectivity index (χ0) is 29.0. The van der Waals surface area contributed by atoms with Crippen LogP contribution < -0.4 is 18.9 Å². The minimum atomic E-state index is 0.191. The predicted octanol–water partition coefficient (Wildman–Crippen LogP) is 9.95. The van der Waals surface area contributed by atoms with Crippen molar-refractivity contribution >= 4 is 0 Å². The summed E-state index contributed by atoms with van der Waals surface area (Å²) < 4.78 is 23.0. The molecule has 6 aromatic rings. The van der Waals surface area contributed by atoms with E-state index in [9.17, 15) is 10.2 Å². The molecule has 208 valence electrons. The van der Waals surface area contributed by atoms with E-state index in [1.54, 1.807) is 54.6 Å². The smallest absolute Gasteiger partial charge is 0.131 e. The van der Waals surface area contributed by atoms with Crippen LogP contribution in [0.5, 0.6) is 57.5 Å². The van der Waals surface area contributed by atoms with Gasteiger partial charge >= 0.3 is 0 Å². The summed E-state index contributed by atoms with van der Waals surface area (Å²) in [6.07, 6.45) is 0. The number of aromatic hydroxyl groups is 2. The molecule has 0 unspecified atom stereocenters. The van der Waals surface area contributed by atoms with Crippen LogP contribution >= 0.6 is 0 Å². The van der Waals surface area contributed by atoms with Crippen LogP contribution in [-0.4, -0.2) is 10.2 Å². The lowest BCUT2D eigenvalue weighted by molar-refractivity contribution is 0.452. The Bertz CT molecular complexity index is 1550. The second-order valence-electron chi connectivity index (χ2n) is 8.97. The van der Waals surface area contributed by atoms with Crippen molar-refractivity contribution in [3.63, 3.8) is 0 Å². The maximum Gasteiger partial charge on any atom is 0.131 e. The second-order valence-corrected chi connectivity index (χ2v) is 8.97. The molecule has 0 fully saturated rings. The zero-order valence-corrected chi connectivity index (χ0v) is 22.5. The topological polar surface area (TPSA) is 77.4 Å². The van der Waals surface area contributed by atoms with Crippen LogP contribution in [0, 0.1) is 0 Å². The first-order valence-electron chi connectivity index (χ1n) is 13.2. The molecule has 0 aliphatic heterocycles. The summed E-state index contributed by atoms with van der Waals surface area (Å²) in [4.78, 5) is 0. The molecule has 2 N–H and O–H groups in total. The monoisotopic (exact) mass is 556 g/mol. The number of ether oxygens (including phenoxy) is 4. The first-order valence-corrected chi connectivity index (χ1v) is 13.2. The summed E-state index contributed by atoms with van der Waals surface area (Å²) in [5, 5.41) is 18.5. The molecular formula is C36H28O6. The zero-order valence-electron chi connectivity index (χ0n) is 22.5. The molecule has 42 heavy (non-hydrogen) atoms. The minimum Gasteiger partial charge on any atom is -0.508 e. The maximum atomic E-state index is 9.26. The van der Waals surface area contributed by atoms with Crippen molar-refractivity contribution in [2.75, 3.05) is 0 Å².